The lowest BCUT2D eigenvalue weighted by Crippen LogP contribution is -2.31. The van der Waals surface area contributed by atoms with Crippen molar-refractivity contribution < 1.29 is 14.4 Å². The highest BCUT2D eigenvalue weighted by molar-refractivity contribution is 5.98. The molecule has 31 heavy (non-hydrogen) atoms. The molecule has 0 saturated carbocycles. The molecular weight excluding hydrogens is 388 g/mol. The van der Waals surface area contributed by atoms with Crippen LogP contribution in [0.15, 0.2) is 78.9 Å². The van der Waals surface area contributed by atoms with Crippen LogP contribution in [-0.4, -0.2) is 31.2 Å². The topological polar surface area (TPSA) is 66.5 Å². The summed E-state index contributed by atoms with van der Waals surface area (Å²) in [5.41, 5.74) is 4.32. The minimum atomic E-state index is -0.424. The Morgan fingerprint density at radius 3 is 2.19 bits per heavy atom. The Kier molecular flexibility index (Phi) is 6.22. The SMILES string of the molecule is O=CN1CCc2cc(C(=O)CCNC(=O)C(c3ccccc3)c3ccccc3)ccc21. The molecule has 0 bridgehead atoms. The number of ketones is 1. The van der Waals surface area contributed by atoms with Crippen LogP contribution in [0.4, 0.5) is 5.69 Å². The second kappa shape index (κ2) is 9.39. The molecule has 2 amide bonds. The predicted molar refractivity (Wildman–Crippen MR) is 120 cm³/mol. The second-order valence-electron chi connectivity index (χ2n) is 7.61. The van der Waals surface area contributed by atoms with E-state index in [2.05, 4.69) is 5.32 Å². The summed E-state index contributed by atoms with van der Waals surface area (Å²) >= 11 is 0. The van der Waals surface area contributed by atoms with Crippen LogP contribution in [0.1, 0.15) is 39.4 Å². The molecule has 0 spiro atoms. The summed E-state index contributed by atoms with van der Waals surface area (Å²) in [6.07, 6.45) is 1.79. The fourth-order valence-corrected chi connectivity index (χ4v) is 4.04. The number of amides is 2. The maximum atomic E-state index is 13.0. The molecule has 156 valence electrons. The number of carbonyl (C=O) groups is 3. The molecule has 0 atom stereocenters. The fourth-order valence-electron chi connectivity index (χ4n) is 4.04. The Labute approximate surface area is 181 Å². The molecule has 4 rings (SSSR count). The van der Waals surface area contributed by atoms with Crippen molar-refractivity contribution in [2.75, 3.05) is 18.0 Å². The van der Waals surface area contributed by atoms with Gasteiger partial charge in [-0.05, 0) is 41.3 Å². The van der Waals surface area contributed by atoms with E-state index in [-0.39, 0.29) is 24.7 Å². The van der Waals surface area contributed by atoms with Crippen molar-refractivity contribution in [1.82, 2.24) is 5.32 Å². The molecule has 0 radical (unpaired) electrons. The monoisotopic (exact) mass is 412 g/mol. The Bertz CT molecular complexity index is 1040. The molecule has 3 aromatic carbocycles. The highest BCUT2D eigenvalue weighted by atomic mass is 16.2. The zero-order valence-corrected chi connectivity index (χ0v) is 17.2. The molecule has 5 heteroatoms. The first-order valence-electron chi connectivity index (χ1n) is 10.4. The third-order valence-corrected chi connectivity index (χ3v) is 5.64. The molecule has 1 aliphatic rings. The Hall–Kier alpha value is -3.73. The van der Waals surface area contributed by atoms with Gasteiger partial charge in [0.15, 0.2) is 5.78 Å². The van der Waals surface area contributed by atoms with Crippen LogP contribution in [0.3, 0.4) is 0 Å². The molecule has 3 aromatic rings. The summed E-state index contributed by atoms with van der Waals surface area (Å²) in [5.74, 6) is -0.573. The Morgan fingerprint density at radius 2 is 1.58 bits per heavy atom. The summed E-state index contributed by atoms with van der Waals surface area (Å²) in [4.78, 5) is 38.4. The summed E-state index contributed by atoms with van der Waals surface area (Å²) in [6.45, 7) is 0.915. The van der Waals surface area contributed by atoms with Crippen molar-refractivity contribution in [1.29, 1.82) is 0 Å². The van der Waals surface area contributed by atoms with E-state index in [1.54, 1.807) is 11.0 Å². The first-order chi connectivity index (χ1) is 15.2. The van der Waals surface area contributed by atoms with Crippen LogP contribution in [0.2, 0.25) is 0 Å². The molecule has 0 aliphatic carbocycles. The lowest BCUT2D eigenvalue weighted by atomic mass is 9.90. The second-order valence-corrected chi connectivity index (χ2v) is 7.61. The van der Waals surface area contributed by atoms with Gasteiger partial charge in [-0.3, -0.25) is 14.4 Å². The van der Waals surface area contributed by atoms with Crippen LogP contribution < -0.4 is 10.2 Å². The van der Waals surface area contributed by atoms with Gasteiger partial charge in [-0.1, -0.05) is 60.7 Å². The zero-order valence-electron chi connectivity index (χ0n) is 17.2. The lowest BCUT2D eigenvalue weighted by Gasteiger charge is -2.18. The van der Waals surface area contributed by atoms with Crippen LogP contribution in [-0.2, 0) is 16.0 Å². The highest BCUT2D eigenvalue weighted by Gasteiger charge is 2.23. The molecule has 1 heterocycles. The minimum absolute atomic E-state index is 0.0244. The van der Waals surface area contributed by atoms with Crippen LogP contribution >= 0.6 is 0 Å². The molecule has 5 nitrogen and oxygen atoms in total. The number of nitrogens with one attached hydrogen (secondary N) is 1. The van der Waals surface area contributed by atoms with E-state index in [0.29, 0.717) is 12.1 Å². The van der Waals surface area contributed by atoms with Crippen LogP contribution in [0.25, 0.3) is 0 Å². The van der Waals surface area contributed by atoms with Gasteiger partial charge in [-0.2, -0.15) is 0 Å². The van der Waals surface area contributed by atoms with E-state index >= 15 is 0 Å². The first kappa shape index (κ1) is 20.5. The number of Topliss-reactive ketones (excluding diaryl/α,β-unsaturated/α-hetero) is 1. The number of anilines is 1. The standard InChI is InChI=1S/C26H24N2O3/c29-18-28-16-14-21-17-22(11-12-23(21)28)24(30)13-15-27-26(31)25(19-7-3-1-4-8-19)20-9-5-2-6-10-20/h1-12,17-18,25H,13-16H2,(H,27,31). The summed E-state index contributed by atoms with van der Waals surface area (Å²) in [5, 5.41) is 2.93. The zero-order chi connectivity index (χ0) is 21.6. The number of hydrogen-bond acceptors (Lipinski definition) is 3. The molecule has 0 fully saturated rings. The maximum Gasteiger partial charge on any atom is 0.232 e. The normalized spacial score (nSPS) is 12.5. The maximum absolute atomic E-state index is 13.0. The quantitative estimate of drug-likeness (QED) is 0.453. The average Bonchev–Trinajstić information content (AvgIpc) is 3.23. The van der Waals surface area contributed by atoms with Crippen molar-refractivity contribution in [3.63, 3.8) is 0 Å². The van der Waals surface area contributed by atoms with Gasteiger partial charge in [0.05, 0.1) is 5.92 Å². The first-order valence-corrected chi connectivity index (χ1v) is 10.4. The summed E-state index contributed by atoms with van der Waals surface area (Å²) in [6, 6.07) is 24.7. The predicted octanol–water partition coefficient (Wildman–Crippen LogP) is 3.73. The van der Waals surface area contributed by atoms with Crippen LogP contribution in [0, 0.1) is 0 Å². The fraction of sp³-hybridized carbons (Fsp3) is 0.192. The number of carbonyl (C=O) groups excluding carboxylic acids is 3. The van der Waals surface area contributed by atoms with Gasteiger partial charge < -0.3 is 10.2 Å². The van der Waals surface area contributed by atoms with Crippen molar-refractivity contribution in [2.24, 2.45) is 0 Å². The number of hydrogen-bond donors (Lipinski definition) is 1. The average molecular weight is 412 g/mol. The van der Waals surface area contributed by atoms with E-state index in [1.807, 2.05) is 72.8 Å². The molecule has 0 saturated heterocycles. The molecular formula is C26H24N2O3. The number of nitrogens with zero attached hydrogens (tertiary/aromatic N) is 1. The minimum Gasteiger partial charge on any atom is -0.355 e. The number of benzene rings is 3. The van der Waals surface area contributed by atoms with Gasteiger partial charge in [0.2, 0.25) is 12.3 Å². The van der Waals surface area contributed by atoms with Crippen molar-refractivity contribution in [3.05, 3.63) is 101 Å². The van der Waals surface area contributed by atoms with Gasteiger partial charge in [-0.25, -0.2) is 0 Å². The molecule has 0 unspecified atom stereocenters. The van der Waals surface area contributed by atoms with E-state index in [4.69, 9.17) is 0 Å². The highest BCUT2D eigenvalue weighted by Crippen LogP contribution is 2.28. The Balaban J connectivity index is 1.41. The van der Waals surface area contributed by atoms with Gasteiger partial charge in [0.25, 0.3) is 0 Å². The third-order valence-electron chi connectivity index (χ3n) is 5.64. The van der Waals surface area contributed by atoms with Gasteiger partial charge in [-0.15, -0.1) is 0 Å². The number of fused-ring (bicyclic) bond motifs is 1. The molecule has 1 N–H and O–H groups in total. The summed E-state index contributed by atoms with van der Waals surface area (Å²) < 4.78 is 0. The van der Waals surface area contributed by atoms with E-state index in [9.17, 15) is 14.4 Å². The van der Waals surface area contributed by atoms with Crippen molar-refractivity contribution in [2.45, 2.75) is 18.8 Å². The van der Waals surface area contributed by atoms with Gasteiger partial charge in [0, 0.05) is 30.8 Å². The van der Waals surface area contributed by atoms with E-state index in [1.165, 1.54) is 0 Å². The van der Waals surface area contributed by atoms with Crippen molar-refractivity contribution in [3.8, 4) is 0 Å². The number of rotatable bonds is 8. The van der Waals surface area contributed by atoms with Gasteiger partial charge in [0.1, 0.15) is 0 Å². The molecule has 0 aromatic heterocycles. The van der Waals surface area contributed by atoms with E-state index in [0.717, 1.165) is 35.2 Å². The van der Waals surface area contributed by atoms with E-state index < -0.39 is 5.92 Å². The molecule has 1 aliphatic heterocycles. The van der Waals surface area contributed by atoms with Crippen molar-refractivity contribution >= 4 is 23.8 Å². The lowest BCUT2D eigenvalue weighted by molar-refractivity contribution is -0.121. The third kappa shape index (κ3) is 4.56. The van der Waals surface area contributed by atoms with Gasteiger partial charge >= 0.3 is 0 Å². The largest absolute Gasteiger partial charge is 0.355 e. The summed E-state index contributed by atoms with van der Waals surface area (Å²) in [7, 11) is 0. The van der Waals surface area contributed by atoms with Crippen LogP contribution in [0.5, 0.6) is 0 Å². The smallest absolute Gasteiger partial charge is 0.232 e. The Morgan fingerprint density at radius 1 is 0.935 bits per heavy atom.